The molecule has 2 aliphatic rings. The van der Waals surface area contributed by atoms with E-state index in [4.69, 9.17) is 5.73 Å². The first-order valence-corrected chi connectivity index (χ1v) is 11.9. The summed E-state index contributed by atoms with van der Waals surface area (Å²) in [5.41, 5.74) is 7.47. The van der Waals surface area contributed by atoms with Crippen molar-refractivity contribution in [2.24, 2.45) is 35.3 Å². The Morgan fingerprint density at radius 1 is 1.03 bits per heavy atom. The maximum Gasteiger partial charge on any atom is 0.226 e. The van der Waals surface area contributed by atoms with Crippen LogP contribution in [0, 0.1) is 29.6 Å². The third-order valence-electron chi connectivity index (χ3n) is 7.67. The molecule has 0 aromatic heterocycles. The minimum Gasteiger partial charge on any atom is -0.339 e. The second kappa shape index (κ2) is 9.64. The van der Waals surface area contributed by atoms with E-state index in [1.54, 1.807) is 0 Å². The molecule has 3 rings (SSSR count). The van der Waals surface area contributed by atoms with E-state index in [-0.39, 0.29) is 41.9 Å². The molecule has 0 spiro atoms. The lowest BCUT2D eigenvalue weighted by Gasteiger charge is -2.41. The predicted octanol–water partition coefficient (Wildman–Crippen LogP) is 4.63. The number of likely N-dealkylation sites (N-methyl/N-ethyl adjacent to an activating group) is 1. The van der Waals surface area contributed by atoms with Gasteiger partial charge in [0.2, 0.25) is 5.91 Å². The van der Waals surface area contributed by atoms with E-state index in [0.29, 0.717) is 24.3 Å². The molecular formula is C26H40N2O2. The fourth-order valence-electron chi connectivity index (χ4n) is 5.91. The van der Waals surface area contributed by atoms with E-state index < -0.39 is 6.04 Å². The monoisotopic (exact) mass is 412 g/mol. The van der Waals surface area contributed by atoms with Crippen LogP contribution in [0.5, 0.6) is 0 Å². The number of nitrogens with two attached hydrogens (primary N) is 1. The Kier molecular flexibility index (Phi) is 7.38. The second-order valence-electron chi connectivity index (χ2n) is 10.2. The average molecular weight is 413 g/mol. The Labute approximate surface area is 182 Å². The van der Waals surface area contributed by atoms with Crippen LogP contribution in [0.2, 0.25) is 0 Å². The van der Waals surface area contributed by atoms with Gasteiger partial charge in [0.25, 0.3) is 0 Å². The molecule has 1 aromatic rings. The van der Waals surface area contributed by atoms with Crippen LogP contribution < -0.4 is 5.73 Å². The van der Waals surface area contributed by atoms with E-state index in [0.717, 1.165) is 0 Å². The van der Waals surface area contributed by atoms with Crippen molar-refractivity contribution in [3.63, 3.8) is 0 Å². The highest BCUT2D eigenvalue weighted by Crippen LogP contribution is 2.55. The maximum atomic E-state index is 13.8. The van der Waals surface area contributed by atoms with Gasteiger partial charge in [0, 0.05) is 30.8 Å². The summed E-state index contributed by atoms with van der Waals surface area (Å²) in [4.78, 5) is 28.7. The maximum absolute atomic E-state index is 13.8. The summed E-state index contributed by atoms with van der Waals surface area (Å²) < 4.78 is 0. The van der Waals surface area contributed by atoms with Gasteiger partial charge in [-0.05, 0) is 55.4 Å². The minimum atomic E-state index is -0.492. The van der Waals surface area contributed by atoms with Crippen molar-refractivity contribution in [1.82, 2.24) is 4.90 Å². The summed E-state index contributed by atoms with van der Waals surface area (Å²) in [6, 6.07) is 10.5. The SMILES string of the molecule is CCN(C(=O)[C@@H](CC(=O)[C@@H](N)C(C)C)C(C)C)C1C2CCC(C2)C1c1ccccc1. The van der Waals surface area contributed by atoms with E-state index in [1.807, 2.05) is 13.8 Å². The van der Waals surface area contributed by atoms with Crippen molar-refractivity contribution < 1.29 is 9.59 Å². The lowest BCUT2D eigenvalue weighted by atomic mass is 9.78. The number of carbonyl (C=O) groups is 2. The van der Waals surface area contributed by atoms with Crippen LogP contribution in [0.25, 0.3) is 0 Å². The standard InChI is InChI=1S/C26H40N2O2/c1-6-28(26(30)21(16(2)3)15-22(29)24(27)17(4)5)25-20-13-12-19(14-20)23(25)18-10-8-7-9-11-18/h7-11,16-17,19-21,23-25H,6,12-15,27H2,1-5H3/t19?,20?,21-,23?,24-,25?/m0/s1. The number of hydrogen-bond donors (Lipinski definition) is 1. The first kappa shape index (κ1) is 23.0. The number of benzene rings is 1. The molecule has 2 saturated carbocycles. The summed E-state index contributed by atoms with van der Waals surface area (Å²) in [7, 11) is 0. The lowest BCUT2D eigenvalue weighted by molar-refractivity contribution is -0.143. The van der Waals surface area contributed by atoms with Crippen molar-refractivity contribution in [1.29, 1.82) is 0 Å². The fraction of sp³-hybridized carbons (Fsp3) is 0.692. The molecule has 2 aliphatic carbocycles. The lowest BCUT2D eigenvalue weighted by Crippen LogP contribution is -2.50. The van der Waals surface area contributed by atoms with Crippen molar-refractivity contribution in [3.8, 4) is 0 Å². The zero-order valence-electron chi connectivity index (χ0n) is 19.4. The van der Waals surface area contributed by atoms with E-state index in [9.17, 15) is 9.59 Å². The third kappa shape index (κ3) is 4.49. The van der Waals surface area contributed by atoms with Crippen molar-refractivity contribution in [2.45, 2.75) is 78.3 Å². The van der Waals surface area contributed by atoms with Crippen LogP contribution in [-0.4, -0.2) is 35.2 Å². The van der Waals surface area contributed by atoms with Gasteiger partial charge in [-0.15, -0.1) is 0 Å². The summed E-state index contributed by atoms with van der Waals surface area (Å²) in [6.07, 6.45) is 3.95. The second-order valence-corrected chi connectivity index (χ2v) is 10.2. The molecule has 2 bridgehead atoms. The van der Waals surface area contributed by atoms with Gasteiger partial charge in [-0.2, -0.15) is 0 Å². The van der Waals surface area contributed by atoms with Crippen LogP contribution in [0.1, 0.15) is 71.8 Å². The highest BCUT2D eigenvalue weighted by atomic mass is 16.2. The Balaban J connectivity index is 1.85. The number of carbonyl (C=O) groups excluding carboxylic acids is 2. The largest absolute Gasteiger partial charge is 0.339 e. The molecule has 1 aromatic carbocycles. The molecule has 1 amide bonds. The van der Waals surface area contributed by atoms with Gasteiger partial charge in [0.1, 0.15) is 0 Å². The number of amides is 1. The molecule has 0 aliphatic heterocycles. The van der Waals surface area contributed by atoms with Crippen molar-refractivity contribution in [2.75, 3.05) is 6.54 Å². The molecule has 4 unspecified atom stereocenters. The smallest absolute Gasteiger partial charge is 0.226 e. The van der Waals surface area contributed by atoms with E-state index in [2.05, 4.69) is 56.0 Å². The summed E-state index contributed by atoms with van der Waals surface area (Å²) in [6.45, 7) is 10.8. The summed E-state index contributed by atoms with van der Waals surface area (Å²) in [5, 5.41) is 0. The molecule has 4 nitrogen and oxygen atoms in total. The number of rotatable bonds is 9. The van der Waals surface area contributed by atoms with Gasteiger partial charge in [0.15, 0.2) is 5.78 Å². The van der Waals surface area contributed by atoms with Gasteiger partial charge in [0.05, 0.1) is 6.04 Å². The van der Waals surface area contributed by atoms with Gasteiger partial charge in [-0.25, -0.2) is 0 Å². The molecule has 0 radical (unpaired) electrons. The third-order valence-corrected chi connectivity index (χ3v) is 7.67. The van der Waals surface area contributed by atoms with E-state index >= 15 is 0 Å². The van der Waals surface area contributed by atoms with Crippen LogP contribution in [0.15, 0.2) is 30.3 Å². The normalized spacial score (nSPS) is 27.5. The Bertz CT molecular complexity index is 730. The van der Waals surface area contributed by atoms with Gasteiger partial charge in [-0.1, -0.05) is 58.0 Å². The molecular weight excluding hydrogens is 372 g/mol. The molecule has 166 valence electrons. The van der Waals surface area contributed by atoms with E-state index in [1.165, 1.54) is 24.8 Å². The first-order chi connectivity index (χ1) is 14.3. The zero-order valence-corrected chi connectivity index (χ0v) is 19.4. The molecule has 30 heavy (non-hydrogen) atoms. The zero-order chi connectivity index (χ0) is 22.0. The highest BCUT2D eigenvalue weighted by Gasteiger charge is 2.51. The fourth-order valence-corrected chi connectivity index (χ4v) is 5.91. The Morgan fingerprint density at radius 3 is 2.23 bits per heavy atom. The average Bonchev–Trinajstić information content (AvgIpc) is 3.34. The van der Waals surface area contributed by atoms with Crippen LogP contribution in [-0.2, 0) is 9.59 Å². The predicted molar refractivity (Wildman–Crippen MR) is 122 cm³/mol. The number of nitrogens with zero attached hydrogens (tertiary/aromatic N) is 1. The van der Waals surface area contributed by atoms with Crippen LogP contribution >= 0.6 is 0 Å². The quantitative estimate of drug-likeness (QED) is 0.643. The minimum absolute atomic E-state index is 0.0145. The Morgan fingerprint density at radius 2 is 1.67 bits per heavy atom. The molecule has 2 fully saturated rings. The molecule has 6 atom stereocenters. The van der Waals surface area contributed by atoms with Gasteiger partial charge in [-0.3, -0.25) is 9.59 Å². The van der Waals surface area contributed by atoms with Gasteiger partial charge < -0.3 is 10.6 Å². The van der Waals surface area contributed by atoms with Gasteiger partial charge >= 0.3 is 0 Å². The highest BCUT2D eigenvalue weighted by molar-refractivity contribution is 5.90. The summed E-state index contributed by atoms with van der Waals surface area (Å²) in [5.74, 6) is 1.73. The summed E-state index contributed by atoms with van der Waals surface area (Å²) >= 11 is 0. The topological polar surface area (TPSA) is 63.4 Å². The number of ketones is 1. The van der Waals surface area contributed by atoms with Crippen molar-refractivity contribution >= 4 is 11.7 Å². The molecule has 2 N–H and O–H groups in total. The molecule has 4 heteroatoms. The number of Topliss-reactive ketones (excluding diaryl/α,β-unsaturated/α-hetero) is 1. The number of hydrogen-bond acceptors (Lipinski definition) is 3. The molecule has 0 heterocycles. The van der Waals surface area contributed by atoms with Crippen LogP contribution in [0.3, 0.4) is 0 Å². The van der Waals surface area contributed by atoms with Crippen molar-refractivity contribution in [3.05, 3.63) is 35.9 Å². The first-order valence-electron chi connectivity index (χ1n) is 11.9. The Hall–Kier alpha value is -1.68. The number of fused-ring (bicyclic) bond motifs is 2. The molecule has 0 saturated heterocycles. The van der Waals surface area contributed by atoms with Crippen LogP contribution in [0.4, 0.5) is 0 Å².